The molecule has 0 atom stereocenters. The van der Waals surface area contributed by atoms with E-state index in [9.17, 15) is 14.4 Å². The Hall–Kier alpha value is -2.32. The number of benzene rings is 1. The lowest BCUT2D eigenvalue weighted by molar-refractivity contribution is -0.135. The van der Waals surface area contributed by atoms with Gasteiger partial charge in [-0.1, -0.05) is 12.1 Å². The Balaban J connectivity index is 2.55. The maximum atomic E-state index is 13.0. The second-order valence-corrected chi connectivity index (χ2v) is 8.02. The predicted octanol–water partition coefficient (Wildman–Crippen LogP) is 1.67. The zero-order valence-corrected chi connectivity index (χ0v) is 18.8. The second kappa shape index (κ2) is 11.0. The normalized spacial score (nSPS) is 12.3. The number of carbonyl (C=O) groups is 2. The van der Waals surface area contributed by atoms with Gasteiger partial charge in [-0.2, -0.15) is 0 Å². The molecule has 0 fully saturated rings. The summed E-state index contributed by atoms with van der Waals surface area (Å²) in [6.07, 6.45) is 5.05. The highest BCUT2D eigenvalue weighted by Crippen LogP contribution is 2.14. The van der Waals surface area contributed by atoms with Gasteiger partial charge in [0.05, 0.1) is 17.2 Å². The molecule has 1 aromatic heterocycles. The van der Waals surface area contributed by atoms with Gasteiger partial charge in [-0.3, -0.25) is 14.2 Å². The summed E-state index contributed by atoms with van der Waals surface area (Å²) in [5, 5.41) is 0. The number of rotatable bonds is 8. The van der Waals surface area contributed by atoms with E-state index in [0.29, 0.717) is 22.3 Å². The third-order valence-electron chi connectivity index (χ3n) is 4.29. The van der Waals surface area contributed by atoms with E-state index >= 15 is 0 Å². The van der Waals surface area contributed by atoms with Crippen molar-refractivity contribution in [1.82, 2.24) is 9.47 Å². The number of carbonyl (C=O) groups excluding carboxylic acids is 2. The number of thioether (sulfide) groups is 1. The summed E-state index contributed by atoms with van der Waals surface area (Å²) in [5.74, 6) is -0.696. The van der Waals surface area contributed by atoms with Crippen LogP contribution in [0.25, 0.3) is 12.2 Å². The molecule has 1 aromatic carbocycles. The monoisotopic (exact) mass is 434 g/mol. The van der Waals surface area contributed by atoms with E-state index in [1.54, 1.807) is 29.7 Å². The van der Waals surface area contributed by atoms with Crippen LogP contribution in [-0.4, -0.2) is 47.3 Å². The highest BCUT2D eigenvalue weighted by atomic mass is 32.2. The van der Waals surface area contributed by atoms with E-state index < -0.39 is 5.97 Å². The Morgan fingerprint density at radius 3 is 2.38 bits per heavy atom. The van der Waals surface area contributed by atoms with Crippen molar-refractivity contribution in [3.63, 3.8) is 0 Å². The van der Waals surface area contributed by atoms with Gasteiger partial charge >= 0.3 is 5.97 Å². The standard InChI is InChI=1S/C21H26N2O4S2/c1-5-22(6-2)18(24)14-23-19(13-20(25)27-7-3)29-17(21(23)26)12-15-8-10-16(28-4)11-9-15/h8-13H,5-7,14H2,1-4H3. The van der Waals surface area contributed by atoms with E-state index in [1.165, 1.54) is 22.0 Å². The molecule has 0 aliphatic carbocycles. The highest BCUT2D eigenvalue weighted by Gasteiger charge is 2.14. The predicted molar refractivity (Wildman–Crippen MR) is 119 cm³/mol. The van der Waals surface area contributed by atoms with Crippen LogP contribution in [0.5, 0.6) is 0 Å². The molecule has 2 aromatic rings. The summed E-state index contributed by atoms with van der Waals surface area (Å²) in [6, 6.07) is 7.84. The van der Waals surface area contributed by atoms with Gasteiger partial charge in [-0.05, 0) is 50.8 Å². The van der Waals surface area contributed by atoms with Gasteiger partial charge in [0.2, 0.25) is 5.91 Å². The molecule has 1 heterocycles. The van der Waals surface area contributed by atoms with Crippen LogP contribution < -0.4 is 14.8 Å². The van der Waals surface area contributed by atoms with Gasteiger partial charge in [-0.25, -0.2) is 4.79 Å². The molecule has 0 saturated carbocycles. The van der Waals surface area contributed by atoms with Crippen LogP contribution in [-0.2, 0) is 20.9 Å². The smallest absolute Gasteiger partial charge is 0.333 e. The zero-order chi connectivity index (χ0) is 21.4. The van der Waals surface area contributed by atoms with E-state index in [2.05, 4.69) is 0 Å². The zero-order valence-electron chi connectivity index (χ0n) is 17.1. The van der Waals surface area contributed by atoms with Gasteiger partial charge in [0.25, 0.3) is 5.56 Å². The van der Waals surface area contributed by atoms with Crippen LogP contribution in [0.1, 0.15) is 26.3 Å². The van der Waals surface area contributed by atoms with Crippen molar-refractivity contribution in [3.8, 4) is 0 Å². The first-order valence-electron chi connectivity index (χ1n) is 9.45. The van der Waals surface area contributed by atoms with Crippen LogP contribution in [0.2, 0.25) is 0 Å². The van der Waals surface area contributed by atoms with Crippen molar-refractivity contribution >= 4 is 47.1 Å². The quantitative estimate of drug-likeness (QED) is 0.467. The Morgan fingerprint density at radius 1 is 1.17 bits per heavy atom. The Labute approximate surface area is 178 Å². The van der Waals surface area contributed by atoms with Crippen molar-refractivity contribution in [3.05, 3.63) is 49.4 Å². The Morgan fingerprint density at radius 2 is 1.83 bits per heavy atom. The molecule has 0 radical (unpaired) electrons. The van der Waals surface area contributed by atoms with Crippen molar-refractivity contribution in [2.45, 2.75) is 32.2 Å². The first-order valence-corrected chi connectivity index (χ1v) is 11.5. The SMILES string of the molecule is CCOC(=O)C=c1sc(=Cc2ccc(SC)cc2)c(=O)n1CC(=O)N(CC)CC. The average molecular weight is 435 g/mol. The van der Waals surface area contributed by atoms with Gasteiger partial charge in [-0.15, -0.1) is 23.1 Å². The number of esters is 1. The summed E-state index contributed by atoms with van der Waals surface area (Å²) in [5.41, 5.74) is 0.589. The minimum absolute atomic E-state index is 0.110. The van der Waals surface area contributed by atoms with E-state index in [0.717, 1.165) is 10.5 Å². The molecule has 0 N–H and O–H groups in total. The molecule has 0 aliphatic heterocycles. The number of amides is 1. The maximum Gasteiger partial charge on any atom is 0.333 e. The third-order valence-corrected chi connectivity index (χ3v) is 6.09. The number of aromatic nitrogens is 1. The largest absolute Gasteiger partial charge is 0.463 e. The van der Waals surface area contributed by atoms with E-state index in [1.807, 2.05) is 44.4 Å². The van der Waals surface area contributed by atoms with Crippen LogP contribution >= 0.6 is 23.1 Å². The fourth-order valence-electron chi connectivity index (χ4n) is 2.74. The molecule has 0 unspecified atom stereocenters. The van der Waals surface area contributed by atoms with Crippen molar-refractivity contribution in [1.29, 1.82) is 0 Å². The molecule has 2 rings (SSSR count). The summed E-state index contributed by atoms with van der Waals surface area (Å²) in [4.78, 5) is 40.3. The fourth-order valence-corrected chi connectivity index (χ4v) is 4.18. The lowest BCUT2D eigenvalue weighted by Gasteiger charge is -2.18. The fraction of sp³-hybridized carbons (Fsp3) is 0.381. The molecule has 6 nitrogen and oxygen atoms in total. The van der Waals surface area contributed by atoms with Gasteiger partial charge in [0.15, 0.2) is 0 Å². The Bertz CT molecular complexity index is 1020. The number of hydrogen-bond acceptors (Lipinski definition) is 6. The summed E-state index contributed by atoms with van der Waals surface area (Å²) >= 11 is 2.82. The Kier molecular flexibility index (Phi) is 8.72. The van der Waals surface area contributed by atoms with Crippen LogP contribution in [0, 0.1) is 0 Å². The maximum absolute atomic E-state index is 13.0. The third kappa shape index (κ3) is 6.08. The van der Waals surface area contributed by atoms with Gasteiger partial charge in [0.1, 0.15) is 11.2 Å². The first-order chi connectivity index (χ1) is 13.9. The minimum Gasteiger partial charge on any atom is -0.463 e. The lowest BCUT2D eigenvalue weighted by atomic mass is 10.2. The number of nitrogens with zero attached hydrogens (tertiary/aromatic N) is 2. The molecule has 156 valence electrons. The van der Waals surface area contributed by atoms with Gasteiger partial charge < -0.3 is 9.64 Å². The second-order valence-electron chi connectivity index (χ2n) is 6.08. The first kappa shape index (κ1) is 23.0. The number of thiazole rings is 1. The van der Waals surface area contributed by atoms with Crippen LogP contribution in [0.3, 0.4) is 0 Å². The summed E-state index contributed by atoms with van der Waals surface area (Å²) < 4.78 is 7.20. The lowest BCUT2D eigenvalue weighted by Crippen LogP contribution is -2.40. The molecule has 0 aliphatic rings. The van der Waals surface area contributed by atoms with Crippen molar-refractivity contribution < 1.29 is 14.3 Å². The number of ether oxygens (including phenoxy) is 1. The van der Waals surface area contributed by atoms with Crippen molar-refractivity contribution in [2.24, 2.45) is 0 Å². The molecule has 1 amide bonds. The van der Waals surface area contributed by atoms with Crippen LogP contribution in [0.4, 0.5) is 0 Å². The number of likely N-dealkylation sites (N-methyl/N-ethyl adjacent to an activating group) is 1. The van der Waals surface area contributed by atoms with Crippen molar-refractivity contribution in [2.75, 3.05) is 26.0 Å². The van der Waals surface area contributed by atoms with E-state index in [-0.39, 0.29) is 24.6 Å². The highest BCUT2D eigenvalue weighted by molar-refractivity contribution is 7.98. The van der Waals surface area contributed by atoms with Gasteiger partial charge in [0, 0.05) is 18.0 Å². The molecular formula is C21H26N2O4S2. The minimum atomic E-state index is -0.534. The molecular weight excluding hydrogens is 408 g/mol. The molecule has 0 spiro atoms. The summed E-state index contributed by atoms with van der Waals surface area (Å²) in [6.45, 7) is 6.75. The summed E-state index contributed by atoms with van der Waals surface area (Å²) in [7, 11) is 0. The van der Waals surface area contributed by atoms with E-state index in [4.69, 9.17) is 4.74 Å². The average Bonchev–Trinajstić information content (AvgIpc) is 2.98. The molecule has 0 bridgehead atoms. The topological polar surface area (TPSA) is 68.6 Å². The molecule has 29 heavy (non-hydrogen) atoms. The molecule has 0 saturated heterocycles. The number of hydrogen-bond donors (Lipinski definition) is 0. The van der Waals surface area contributed by atoms with Crippen LogP contribution in [0.15, 0.2) is 34.0 Å². The molecule has 8 heteroatoms.